The Kier molecular flexibility index (Phi) is 2.69. The molecule has 1 rings (SSSR count). The Labute approximate surface area is 76.1 Å². The molecule has 0 N–H and O–H groups in total. The fraction of sp³-hybridized carbons (Fsp3) is 0. The van der Waals surface area contributed by atoms with Crippen LogP contribution in [0.25, 0.3) is 0 Å². The minimum atomic E-state index is -2.68. The molecule has 0 amide bonds. The summed E-state index contributed by atoms with van der Waals surface area (Å²) in [7, 11) is -2.68. The number of hydrogen-bond donors (Lipinski definition) is 1. The molecule has 0 saturated carbocycles. The highest BCUT2D eigenvalue weighted by molar-refractivity contribution is 7.72. The van der Waals surface area contributed by atoms with E-state index in [1.54, 1.807) is 0 Å². The lowest BCUT2D eigenvalue weighted by molar-refractivity contribution is 0.614. The summed E-state index contributed by atoms with van der Waals surface area (Å²) in [5.74, 6) is 0. The molecule has 0 spiro atoms. The van der Waals surface area contributed by atoms with Gasteiger partial charge in [-0.3, -0.25) is 0 Å². The maximum absolute atomic E-state index is 10.5. The topological polar surface area (TPSA) is 57.9 Å². The lowest BCUT2D eigenvalue weighted by Gasteiger charge is -1.94. The van der Waals surface area contributed by atoms with E-state index in [9.17, 15) is 8.42 Å². The Morgan fingerprint density at radius 3 is 2.50 bits per heavy atom. The van der Waals surface area contributed by atoms with Crippen LogP contribution >= 0.6 is 11.6 Å². The summed E-state index contributed by atoms with van der Waals surface area (Å²) < 4.78 is 21.0. The first-order chi connectivity index (χ1) is 5.65. The Hall–Kier alpha value is -1.05. The quantitative estimate of drug-likeness (QED) is 0.695. The lowest BCUT2D eigenvalue weighted by Crippen LogP contribution is -1.83. The maximum atomic E-state index is 10.5. The van der Waals surface area contributed by atoms with E-state index in [-0.39, 0.29) is 9.92 Å². The van der Waals surface area contributed by atoms with Crippen LogP contribution in [-0.2, 0) is 10.7 Å². The summed E-state index contributed by atoms with van der Waals surface area (Å²) in [6.07, 6.45) is 0. The van der Waals surface area contributed by atoms with Crippen LogP contribution in [0.5, 0.6) is 0 Å². The van der Waals surface area contributed by atoms with Gasteiger partial charge in [0, 0.05) is 0 Å². The van der Waals surface area contributed by atoms with E-state index >= 15 is 0 Å². The molecule has 3 nitrogen and oxygen atoms in total. The van der Waals surface area contributed by atoms with Gasteiger partial charge >= 0.3 is 0 Å². The Bertz CT molecular complexity index is 412. The molecular weight excluding hydrogens is 198 g/mol. The van der Waals surface area contributed by atoms with Crippen molar-refractivity contribution in [3.63, 3.8) is 0 Å². The summed E-state index contributed by atoms with van der Waals surface area (Å²) in [6, 6.07) is 5.90. The molecule has 0 aromatic heterocycles. The minimum Gasteiger partial charge on any atom is -0.227 e. The molecule has 0 fully saturated rings. The van der Waals surface area contributed by atoms with E-state index < -0.39 is 10.7 Å². The predicted octanol–water partition coefficient (Wildman–Crippen LogP) is 1.18. The number of hydrogen-bond acceptors (Lipinski definition) is 3. The standard InChI is InChI=1S/C7H4ClNO2S/c8-6-3-5(4-9)1-2-7(6)12(10)11/h1-3,12H. The summed E-state index contributed by atoms with van der Waals surface area (Å²) in [5.41, 5.74) is 0.348. The molecule has 0 unspecified atom stereocenters. The Morgan fingerprint density at radius 1 is 1.42 bits per heavy atom. The van der Waals surface area contributed by atoms with Crippen molar-refractivity contribution in [2.75, 3.05) is 0 Å². The van der Waals surface area contributed by atoms with Crippen molar-refractivity contribution in [1.82, 2.24) is 0 Å². The van der Waals surface area contributed by atoms with Gasteiger partial charge < -0.3 is 0 Å². The SMILES string of the molecule is N#Cc1ccc([SH](=O)=O)c(Cl)c1. The van der Waals surface area contributed by atoms with Gasteiger partial charge in [-0.2, -0.15) is 5.26 Å². The summed E-state index contributed by atoms with van der Waals surface area (Å²) >= 11 is 5.57. The third-order valence-corrected chi connectivity index (χ3v) is 2.50. The fourth-order valence-corrected chi connectivity index (χ4v) is 1.55. The first-order valence-corrected chi connectivity index (χ1v) is 4.54. The summed E-state index contributed by atoms with van der Waals surface area (Å²) in [5, 5.41) is 8.52. The van der Waals surface area contributed by atoms with Gasteiger partial charge in [0.15, 0.2) is 10.7 Å². The minimum absolute atomic E-state index is 0.0469. The highest BCUT2D eigenvalue weighted by Crippen LogP contribution is 2.18. The molecule has 1 aromatic rings. The highest BCUT2D eigenvalue weighted by atomic mass is 35.5. The maximum Gasteiger partial charge on any atom is 0.169 e. The van der Waals surface area contributed by atoms with Crippen LogP contribution < -0.4 is 0 Å². The third kappa shape index (κ3) is 1.76. The third-order valence-electron chi connectivity index (χ3n) is 1.27. The van der Waals surface area contributed by atoms with E-state index in [0.29, 0.717) is 5.56 Å². The van der Waals surface area contributed by atoms with Gasteiger partial charge in [0.25, 0.3) is 0 Å². The van der Waals surface area contributed by atoms with E-state index in [2.05, 4.69) is 0 Å². The molecule has 0 aliphatic heterocycles. The van der Waals surface area contributed by atoms with Crippen LogP contribution in [0.2, 0.25) is 5.02 Å². The van der Waals surface area contributed by atoms with Gasteiger partial charge in [-0.1, -0.05) is 11.6 Å². The van der Waals surface area contributed by atoms with Gasteiger partial charge in [-0.25, -0.2) is 8.42 Å². The van der Waals surface area contributed by atoms with Gasteiger partial charge in [-0.05, 0) is 18.2 Å². The molecule has 0 saturated heterocycles. The molecule has 0 aliphatic carbocycles. The van der Waals surface area contributed by atoms with Gasteiger partial charge in [0.1, 0.15) is 0 Å². The molecule has 0 bridgehead atoms. The van der Waals surface area contributed by atoms with Crippen molar-refractivity contribution in [2.24, 2.45) is 0 Å². The molecule has 5 heteroatoms. The molecule has 0 atom stereocenters. The van der Waals surface area contributed by atoms with Gasteiger partial charge in [0.2, 0.25) is 0 Å². The van der Waals surface area contributed by atoms with Crippen molar-refractivity contribution in [3.8, 4) is 6.07 Å². The van der Waals surface area contributed by atoms with Crippen molar-refractivity contribution >= 4 is 22.3 Å². The van der Waals surface area contributed by atoms with Crippen LogP contribution in [0.3, 0.4) is 0 Å². The zero-order valence-electron chi connectivity index (χ0n) is 5.82. The Balaban J connectivity index is 3.32. The highest BCUT2D eigenvalue weighted by Gasteiger charge is 2.02. The summed E-state index contributed by atoms with van der Waals surface area (Å²) in [4.78, 5) is 0.0469. The molecule has 0 aliphatic rings. The normalized spacial score (nSPS) is 9.75. The van der Waals surface area contributed by atoms with Crippen LogP contribution in [0.4, 0.5) is 0 Å². The second-order valence-electron chi connectivity index (χ2n) is 2.04. The molecule has 1 aromatic carbocycles. The molecule has 0 heterocycles. The first kappa shape index (κ1) is 9.04. The zero-order chi connectivity index (χ0) is 9.14. The Morgan fingerprint density at radius 2 is 2.08 bits per heavy atom. The molecule has 62 valence electrons. The first-order valence-electron chi connectivity index (χ1n) is 2.99. The van der Waals surface area contributed by atoms with Gasteiger partial charge in [0.05, 0.1) is 21.6 Å². The van der Waals surface area contributed by atoms with Crippen LogP contribution in [0, 0.1) is 11.3 Å². The number of benzene rings is 1. The van der Waals surface area contributed by atoms with Crippen LogP contribution in [0.1, 0.15) is 5.56 Å². The van der Waals surface area contributed by atoms with Crippen molar-refractivity contribution in [1.29, 1.82) is 5.26 Å². The monoisotopic (exact) mass is 201 g/mol. The number of rotatable bonds is 1. The molecular formula is C7H4ClNO2S. The van der Waals surface area contributed by atoms with Crippen molar-refractivity contribution in [2.45, 2.75) is 4.90 Å². The number of thiol groups is 1. The second kappa shape index (κ2) is 3.57. The van der Waals surface area contributed by atoms with Crippen LogP contribution in [0.15, 0.2) is 23.1 Å². The molecule has 0 radical (unpaired) electrons. The van der Waals surface area contributed by atoms with E-state index in [0.717, 1.165) is 0 Å². The fourth-order valence-electron chi connectivity index (χ4n) is 0.725. The lowest BCUT2D eigenvalue weighted by atomic mass is 10.2. The average Bonchev–Trinajstić information content (AvgIpc) is 2.03. The number of nitriles is 1. The van der Waals surface area contributed by atoms with Crippen LogP contribution in [-0.4, -0.2) is 8.42 Å². The van der Waals surface area contributed by atoms with Crippen molar-refractivity contribution < 1.29 is 8.42 Å². The largest absolute Gasteiger partial charge is 0.227 e. The average molecular weight is 202 g/mol. The zero-order valence-corrected chi connectivity index (χ0v) is 7.47. The number of halogens is 1. The van der Waals surface area contributed by atoms with E-state index in [1.165, 1.54) is 18.2 Å². The number of nitrogens with zero attached hydrogens (tertiary/aromatic N) is 1. The second-order valence-corrected chi connectivity index (χ2v) is 3.44. The molecule has 12 heavy (non-hydrogen) atoms. The van der Waals surface area contributed by atoms with Crippen molar-refractivity contribution in [3.05, 3.63) is 28.8 Å². The van der Waals surface area contributed by atoms with E-state index in [1.807, 2.05) is 6.07 Å². The van der Waals surface area contributed by atoms with Gasteiger partial charge in [-0.15, -0.1) is 0 Å². The van der Waals surface area contributed by atoms with E-state index in [4.69, 9.17) is 16.9 Å². The summed E-state index contributed by atoms with van der Waals surface area (Å²) in [6.45, 7) is 0. The predicted molar refractivity (Wildman–Crippen MR) is 44.7 cm³/mol. The smallest absolute Gasteiger partial charge is 0.169 e.